The Bertz CT molecular complexity index is 500. The summed E-state index contributed by atoms with van der Waals surface area (Å²) in [6.07, 6.45) is 0.525. The predicted molar refractivity (Wildman–Crippen MR) is 71.8 cm³/mol. The van der Waals surface area contributed by atoms with E-state index in [9.17, 15) is 4.79 Å². The largest absolute Gasteiger partial charge is 0.326 e. The predicted octanol–water partition coefficient (Wildman–Crippen LogP) is 0.562. The van der Waals surface area contributed by atoms with E-state index in [1.54, 1.807) is 4.90 Å². The minimum absolute atomic E-state index is 0.176. The van der Waals surface area contributed by atoms with Crippen LogP contribution < -0.4 is 10.6 Å². The first-order valence-electron chi connectivity index (χ1n) is 6.40. The van der Waals surface area contributed by atoms with E-state index in [-0.39, 0.29) is 11.9 Å². The van der Waals surface area contributed by atoms with E-state index in [0.29, 0.717) is 12.3 Å². The molecule has 2 N–H and O–H groups in total. The third kappa shape index (κ3) is 1.72. The highest BCUT2D eigenvalue weighted by Crippen LogP contribution is 2.33. The summed E-state index contributed by atoms with van der Waals surface area (Å²) in [5.74, 6) is 0.566. The molecule has 2 unspecified atom stereocenters. The highest BCUT2D eigenvalue weighted by atomic mass is 16.2. The SMILES string of the molecule is CN1CC(N)C(c2ccc3c(c2)CC(=O)N3C)C1. The maximum atomic E-state index is 11.7. The van der Waals surface area contributed by atoms with Crippen LogP contribution in [0.15, 0.2) is 18.2 Å². The maximum absolute atomic E-state index is 11.7. The molecule has 0 aliphatic carbocycles. The van der Waals surface area contributed by atoms with Crippen LogP contribution in [0.25, 0.3) is 0 Å². The van der Waals surface area contributed by atoms with Crippen LogP contribution in [0.1, 0.15) is 17.0 Å². The third-order valence-corrected chi connectivity index (χ3v) is 4.16. The number of likely N-dealkylation sites (tertiary alicyclic amines) is 1. The second kappa shape index (κ2) is 4.07. The maximum Gasteiger partial charge on any atom is 0.231 e. The summed E-state index contributed by atoms with van der Waals surface area (Å²) >= 11 is 0. The van der Waals surface area contributed by atoms with Gasteiger partial charge in [0, 0.05) is 37.8 Å². The van der Waals surface area contributed by atoms with Crippen molar-refractivity contribution in [1.82, 2.24) is 4.90 Å². The molecule has 18 heavy (non-hydrogen) atoms. The van der Waals surface area contributed by atoms with Crippen LogP contribution in [0.5, 0.6) is 0 Å². The van der Waals surface area contributed by atoms with Gasteiger partial charge < -0.3 is 15.5 Å². The fourth-order valence-corrected chi connectivity index (χ4v) is 3.11. The molecule has 0 aromatic heterocycles. The van der Waals surface area contributed by atoms with E-state index in [0.717, 1.165) is 24.3 Å². The van der Waals surface area contributed by atoms with Crippen LogP contribution in [0.3, 0.4) is 0 Å². The number of anilines is 1. The van der Waals surface area contributed by atoms with Crippen molar-refractivity contribution in [3.8, 4) is 0 Å². The van der Waals surface area contributed by atoms with Crippen molar-refractivity contribution in [3.63, 3.8) is 0 Å². The normalized spacial score (nSPS) is 27.9. The van der Waals surface area contributed by atoms with Crippen molar-refractivity contribution < 1.29 is 4.79 Å². The van der Waals surface area contributed by atoms with E-state index in [1.165, 1.54) is 5.56 Å². The van der Waals surface area contributed by atoms with Crippen molar-refractivity contribution in [2.45, 2.75) is 18.4 Å². The molecule has 1 aromatic carbocycles. The van der Waals surface area contributed by atoms with Crippen molar-refractivity contribution in [2.24, 2.45) is 5.73 Å². The minimum Gasteiger partial charge on any atom is -0.326 e. The van der Waals surface area contributed by atoms with Gasteiger partial charge in [-0.3, -0.25) is 4.79 Å². The van der Waals surface area contributed by atoms with Gasteiger partial charge in [-0.25, -0.2) is 0 Å². The molecule has 3 rings (SSSR count). The highest BCUT2D eigenvalue weighted by Gasteiger charge is 2.31. The molecule has 0 spiro atoms. The van der Waals surface area contributed by atoms with Crippen molar-refractivity contribution >= 4 is 11.6 Å². The minimum atomic E-state index is 0.176. The Kier molecular flexibility index (Phi) is 2.64. The molecule has 4 heteroatoms. The summed E-state index contributed by atoms with van der Waals surface area (Å²) in [5, 5.41) is 0. The second-order valence-electron chi connectivity index (χ2n) is 5.51. The number of hydrogen-bond donors (Lipinski definition) is 1. The standard InChI is InChI=1S/C14H19N3O/c1-16-7-11(12(15)8-16)9-3-4-13-10(5-9)6-14(18)17(13)2/h3-5,11-12H,6-8,15H2,1-2H3. The van der Waals surface area contributed by atoms with Gasteiger partial charge in [-0.2, -0.15) is 0 Å². The molecule has 0 saturated carbocycles. The molecular formula is C14H19N3O. The Hall–Kier alpha value is -1.39. The lowest BCUT2D eigenvalue weighted by atomic mass is 9.93. The van der Waals surface area contributed by atoms with E-state index >= 15 is 0 Å². The number of amides is 1. The molecule has 2 aliphatic heterocycles. The first kappa shape index (κ1) is 11.7. The van der Waals surface area contributed by atoms with Crippen molar-refractivity contribution in [2.75, 3.05) is 32.1 Å². The number of rotatable bonds is 1. The summed E-state index contributed by atoms with van der Waals surface area (Å²) in [4.78, 5) is 15.7. The summed E-state index contributed by atoms with van der Waals surface area (Å²) in [6.45, 7) is 1.95. The van der Waals surface area contributed by atoms with Crippen LogP contribution in [0, 0.1) is 0 Å². The van der Waals surface area contributed by atoms with Crippen LogP contribution >= 0.6 is 0 Å². The van der Waals surface area contributed by atoms with E-state index in [4.69, 9.17) is 5.73 Å². The number of benzene rings is 1. The first-order valence-corrected chi connectivity index (χ1v) is 6.40. The van der Waals surface area contributed by atoms with Gasteiger partial charge in [0.15, 0.2) is 0 Å². The Morgan fingerprint density at radius 1 is 1.28 bits per heavy atom. The molecule has 2 heterocycles. The molecule has 2 atom stereocenters. The van der Waals surface area contributed by atoms with Gasteiger partial charge in [0.1, 0.15) is 0 Å². The topological polar surface area (TPSA) is 49.6 Å². The summed E-state index contributed by atoms with van der Waals surface area (Å²) in [6, 6.07) is 6.54. The van der Waals surface area contributed by atoms with Gasteiger partial charge in [-0.1, -0.05) is 12.1 Å². The van der Waals surface area contributed by atoms with Gasteiger partial charge in [-0.15, -0.1) is 0 Å². The van der Waals surface area contributed by atoms with Gasteiger partial charge in [-0.05, 0) is 24.2 Å². The quantitative estimate of drug-likeness (QED) is 0.786. The monoisotopic (exact) mass is 245 g/mol. The van der Waals surface area contributed by atoms with Gasteiger partial charge in [0.05, 0.1) is 6.42 Å². The second-order valence-corrected chi connectivity index (χ2v) is 5.51. The lowest BCUT2D eigenvalue weighted by Crippen LogP contribution is -2.27. The zero-order chi connectivity index (χ0) is 12.9. The van der Waals surface area contributed by atoms with Gasteiger partial charge in [0.25, 0.3) is 0 Å². The van der Waals surface area contributed by atoms with Gasteiger partial charge >= 0.3 is 0 Å². The number of likely N-dealkylation sites (N-methyl/N-ethyl adjacent to an activating group) is 2. The first-order chi connectivity index (χ1) is 8.56. The molecule has 1 amide bonds. The average Bonchev–Trinajstić information content (AvgIpc) is 2.80. The van der Waals surface area contributed by atoms with E-state index < -0.39 is 0 Å². The fourth-order valence-electron chi connectivity index (χ4n) is 3.11. The number of carbonyl (C=O) groups excluding carboxylic acids is 1. The molecule has 96 valence electrons. The number of nitrogens with zero attached hydrogens (tertiary/aromatic N) is 2. The Balaban J connectivity index is 1.92. The van der Waals surface area contributed by atoms with E-state index in [1.807, 2.05) is 7.05 Å². The zero-order valence-electron chi connectivity index (χ0n) is 10.9. The Morgan fingerprint density at radius 3 is 2.72 bits per heavy atom. The lowest BCUT2D eigenvalue weighted by molar-refractivity contribution is -0.117. The van der Waals surface area contributed by atoms with Crippen LogP contribution in [-0.4, -0.2) is 44.0 Å². The molecule has 1 saturated heterocycles. The molecule has 2 aliphatic rings. The van der Waals surface area contributed by atoms with Crippen LogP contribution in [0.2, 0.25) is 0 Å². The van der Waals surface area contributed by atoms with E-state index in [2.05, 4.69) is 30.1 Å². The lowest BCUT2D eigenvalue weighted by Gasteiger charge is -2.16. The van der Waals surface area contributed by atoms with Gasteiger partial charge in [0.2, 0.25) is 5.91 Å². The summed E-state index contributed by atoms with van der Waals surface area (Å²) < 4.78 is 0. The Morgan fingerprint density at radius 2 is 2.06 bits per heavy atom. The summed E-state index contributed by atoms with van der Waals surface area (Å²) in [5.41, 5.74) is 9.64. The fraction of sp³-hybridized carbons (Fsp3) is 0.500. The van der Waals surface area contributed by atoms with Crippen molar-refractivity contribution in [1.29, 1.82) is 0 Å². The van der Waals surface area contributed by atoms with Crippen molar-refractivity contribution in [3.05, 3.63) is 29.3 Å². The molecule has 1 aromatic rings. The number of nitrogens with two attached hydrogens (primary N) is 1. The molecule has 1 fully saturated rings. The molecule has 4 nitrogen and oxygen atoms in total. The van der Waals surface area contributed by atoms with Crippen LogP contribution in [0.4, 0.5) is 5.69 Å². The zero-order valence-corrected chi connectivity index (χ0v) is 10.9. The highest BCUT2D eigenvalue weighted by molar-refractivity contribution is 6.00. The molecular weight excluding hydrogens is 226 g/mol. The summed E-state index contributed by atoms with van der Waals surface area (Å²) in [7, 11) is 3.94. The number of hydrogen-bond acceptors (Lipinski definition) is 3. The number of fused-ring (bicyclic) bond motifs is 1. The Labute approximate surface area is 107 Å². The number of carbonyl (C=O) groups is 1. The van der Waals surface area contributed by atoms with Crippen LogP contribution in [-0.2, 0) is 11.2 Å². The molecule has 0 radical (unpaired) electrons. The third-order valence-electron chi connectivity index (χ3n) is 4.16. The molecule has 0 bridgehead atoms. The average molecular weight is 245 g/mol. The smallest absolute Gasteiger partial charge is 0.231 e.